The highest BCUT2D eigenvalue weighted by atomic mass is 16.5. The predicted molar refractivity (Wildman–Crippen MR) is 111 cm³/mol. The molecule has 0 bridgehead atoms. The van der Waals surface area contributed by atoms with Crippen LogP contribution in [0.25, 0.3) is 5.76 Å². The van der Waals surface area contributed by atoms with Crippen LogP contribution in [0.15, 0.2) is 71.1 Å². The molecule has 1 N–H and O–H groups in total. The Hall–Kier alpha value is -3.87. The van der Waals surface area contributed by atoms with Gasteiger partial charge in [-0.25, -0.2) is 0 Å². The van der Waals surface area contributed by atoms with Crippen molar-refractivity contribution in [3.63, 3.8) is 0 Å². The lowest BCUT2D eigenvalue weighted by molar-refractivity contribution is -0.140. The number of carbonyl (C=O) groups excluding carboxylic acids is 2. The molecule has 1 aromatic carbocycles. The second-order valence-corrected chi connectivity index (χ2v) is 7.74. The molecule has 3 aromatic rings. The van der Waals surface area contributed by atoms with Crippen LogP contribution in [0, 0.1) is 0 Å². The Morgan fingerprint density at radius 2 is 2.00 bits per heavy atom. The third-order valence-corrected chi connectivity index (χ3v) is 5.64. The number of amides is 1. The van der Waals surface area contributed by atoms with E-state index in [1.165, 1.54) is 11.2 Å². The van der Waals surface area contributed by atoms with Gasteiger partial charge in [0.15, 0.2) is 0 Å². The lowest BCUT2D eigenvalue weighted by Gasteiger charge is -2.24. The number of benzene rings is 1. The molecule has 1 saturated heterocycles. The van der Waals surface area contributed by atoms with Crippen molar-refractivity contribution in [3.8, 4) is 5.75 Å². The summed E-state index contributed by atoms with van der Waals surface area (Å²) in [7, 11) is 0. The van der Waals surface area contributed by atoms with Crippen LogP contribution in [-0.4, -0.2) is 32.8 Å². The van der Waals surface area contributed by atoms with Gasteiger partial charge < -0.3 is 19.2 Å². The van der Waals surface area contributed by atoms with Crippen LogP contribution in [-0.2, 0) is 22.6 Å². The second kappa shape index (κ2) is 7.43. The standard InChI is InChI=1S/C24H20N2O5/c1-14-11-17-12-16(4-5-19(17)31-14)22(27)20-21(15-6-8-25-9-7-15)26(24(29)23(20)28)13-18-3-2-10-30-18/h2-10,12,14,21,27H,11,13H2,1H3. The summed E-state index contributed by atoms with van der Waals surface area (Å²) in [6, 6.07) is 11.5. The summed E-state index contributed by atoms with van der Waals surface area (Å²) >= 11 is 0. The first kappa shape index (κ1) is 19.1. The van der Waals surface area contributed by atoms with Crippen LogP contribution in [0.1, 0.15) is 35.4 Å². The number of Topliss-reactive ketones (excluding diaryl/α,β-unsaturated/α-hetero) is 1. The SMILES string of the molecule is CC1Cc2cc(C(O)=C3C(=O)C(=O)N(Cc4ccco4)C3c3ccncc3)ccc2O1. The molecule has 2 unspecified atom stereocenters. The normalized spacial score (nSPS) is 21.9. The molecule has 4 heterocycles. The maximum Gasteiger partial charge on any atom is 0.296 e. The Balaban J connectivity index is 1.62. The summed E-state index contributed by atoms with van der Waals surface area (Å²) in [6.07, 6.45) is 5.48. The first-order valence-electron chi connectivity index (χ1n) is 10.0. The van der Waals surface area contributed by atoms with Gasteiger partial charge in [0, 0.05) is 24.4 Å². The number of carbonyl (C=O) groups is 2. The summed E-state index contributed by atoms with van der Waals surface area (Å²) in [5.41, 5.74) is 2.17. The van der Waals surface area contributed by atoms with Crippen molar-refractivity contribution < 1.29 is 23.8 Å². The topological polar surface area (TPSA) is 92.9 Å². The molecule has 0 spiro atoms. The summed E-state index contributed by atoms with van der Waals surface area (Å²) in [5, 5.41) is 11.2. The number of aliphatic hydroxyl groups excluding tert-OH is 1. The molecular formula is C24H20N2O5. The van der Waals surface area contributed by atoms with Crippen molar-refractivity contribution in [2.24, 2.45) is 0 Å². The fraction of sp³-hybridized carbons (Fsp3) is 0.208. The molecule has 0 aliphatic carbocycles. The van der Waals surface area contributed by atoms with Crippen LogP contribution in [0.5, 0.6) is 5.75 Å². The van der Waals surface area contributed by atoms with E-state index in [0.29, 0.717) is 16.9 Å². The number of furan rings is 1. The van der Waals surface area contributed by atoms with Crippen molar-refractivity contribution in [1.82, 2.24) is 9.88 Å². The molecule has 1 fully saturated rings. The number of hydrogen-bond donors (Lipinski definition) is 1. The van der Waals surface area contributed by atoms with Crippen LogP contribution < -0.4 is 4.74 Å². The zero-order valence-electron chi connectivity index (χ0n) is 16.8. The van der Waals surface area contributed by atoms with Gasteiger partial charge in [-0.1, -0.05) is 0 Å². The van der Waals surface area contributed by atoms with E-state index in [1.807, 2.05) is 13.0 Å². The number of aromatic nitrogens is 1. The summed E-state index contributed by atoms with van der Waals surface area (Å²) in [4.78, 5) is 31.4. The van der Waals surface area contributed by atoms with E-state index in [4.69, 9.17) is 9.15 Å². The van der Waals surface area contributed by atoms with Crippen molar-refractivity contribution >= 4 is 17.4 Å². The Bertz CT molecular complexity index is 1180. The van der Waals surface area contributed by atoms with Gasteiger partial charge in [0.2, 0.25) is 0 Å². The molecule has 5 rings (SSSR count). The lowest BCUT2D eigenvalue weighted by Crippen LogP contribution is -2.29. The smallest absolute Gasteiger partial charge is 0.296 e. The van der Waals surface area contributed by atoms with Crippen molar-refractivity contribution in [2.45, 2.75) is 32.0 Å². The summed E-state index contributed by atoms with van der Waals surface area (Å²) in [6.45, 7) is 2.08. The molecule has 0 saturated carbocycles. The fourth-order valence-corrected chi connectivity index (χ4v) is 4.23. The fourth-order valence-electron chi connectivity index (χ4n) is 4.23. The molecule has 2 aliphatic rings. The molecule has 2 atom stereocenters. The van der Waals surface area contributed by atoms with Gasteiger partial charge in [-0.2, -0.15) is 0 Å². The molecule has 2 aromatic heterocycles. The van der Waals surface area contributed by atoms with E-state index in [1.54, 1.807) is 48.8 Å². The minimum atomic E-state index is -0.753. The van der Waals surface area contributed by atoms with Gasteiger partial charge in [0.25, 0.3) is 11.7 Å². The van der Waals surface area contributed by atoms with Crippen LogP contribution >= 0.6 is 0 Å². The Morgan fingerprint density at radius 1 is 1.19 bits per heavy atom. The molecule has 7 nitrogen and oxygen atoms in total. The van der Waals surface area contributed by atoms with Crippen molar-refractivity contribution in [3.05, 3.63) is 89.1 Å². The van der Waals surface area contributed by atoms with E-state index in [9.17, 15) is 14.7 Å². The van der Waals surface area contributed by atoms with E-state index in [0.717, 1.165) is 17.7 Å². The number of fused-ring (bicyclic) bond motifs is 1. The lowest BCUT2D eigenvalue weighted by atomic mass is 9.95. The number of hydrogen-bond acceptors (Lipinski definition) is 6. The molecular weight excluding hydrogens is 396 g/mol. The van der Waals surface area contributed by atoms with Crippen molar-refractivity contribution in [2.75, 3.05) is 0 Å². The molecule has 1 amide bonds. The number of likely N-dealkylation sites (tertiary alicyclic amines) is 1. The van der Waals surface area contributed by atoms with Crippen LogP contribution in [0.2, 0.25) is 0 Å². The van der Waals surface area contributed by atoms with Crippen LogP contribution in [0.3, 0.4) is 0 Å². The van der Waals surface area contributed by atoms with Gasteiger partial charge in [-0.3, -0.25) is 14.6 Å². The Labute approximate surface area is 178 Å². The Kier molecular flexibility index (Phi) is 4.58. The molecule has 31 heavy (non-hydrogen) atoms. The quantitative estimate of drug-likeness (QED) is 0.397. The monoisotopic (exact) mass is 416 g/mol. The average molecular weight is 416 g/mol. The molecule has 156 valence electrons. The minimum Gasteiger partial charge on any atom is -0.507 e. The molecule has 2 aliphatic heterocycles. The minimum absolute atomic E-state index is 0.0506. The highest BCUT2D eigenvalue weighted by molar-refractivity contribution is 6.46. The average Bonchev–Trinajstić information content (AvgIpc) is 3.48. The number of aliphatic hydroxyl groups is 1. The zero-order valence-corrected chi connectivity index (χ0v) is 16.8. The molecule has 7 heteroatoms. The number of ether oxygens (including phenoxy) is 1. The van der Waals surface area contributed by atoms with Crippen LogP contribution in [0.4, 0.5) is 0 Å². The van der Waals surface area contributed by atoms with E-state index in [2.05, 4.69) is 4.98 Å². The third-order valence-electron chi connectivity index (χ3n) is 5.64. The maximum absolute atomic E-state index is 13.0. The third kappa shape index (κ3) is 3.28. The first-order chi connectivity index (χ1) is 15.0. The number of ketones is 1. The van der Waals surface area contributed by atoms with Gasteiger partial charge in [0.1, 0.15) is 23.4 Å². The van der Waals surface area contributed by atoms with Gasteiger partial charge in [0.05, 0.1) is 24.4 Å². The maximum atomic E-state index is 13.0. The second-order valence-electron chi connectivity index (χ2n) is 7.74. The number of rotatable bonds is 4. The predicted octanol–water partition coefficient (Wildman–Crippen LogP) is 3.62. The van der Waals surface area contributed by atoms with Gasteiger partial charge in [-0.15, -0.1) is 0 Å². The summed E-state index contributed by atoms with van der Waals surface area (Å²) in [5.74, 6) is -0.295. The highest BCUT2D eigenvalue weighted by Crippen LogP contribution is 2.41. The number of nitrogens with zero attached hydrogens (tertiary/aromatic N) is 2. The van der Waals surface area contributed by atoms with E-state index >= 15 is 0 Å². The van der Waals surface area contributed by atoms with Gasteiger partial charge in [-0.05, 0) is 60.5 Å². The first-order valence-corrected chi connectivity index (χ1v) is 10.0. The largest absolute Gasteiger partial charge is 0.507 e. The van der Waals surface area contributed by atoms with Gasteiger partial charge >= 0.3 is 0 Å². The number of pyridine rings is 1. The van der Waals surface area contributed by atoms with E-state index < -0.39 is 17.7 Å². The van der Waals surface area contributed by atoms with Crippen molar-refractivity contribution in [1.29, 1.82) is 0 Å². The Morgan fingerprint density at radius 3 is 2.74 bits per heavy atom. The summed E-state index contributed by atoms with van der Waals surface area (Å²) < 4.78 is 11.1. The highest BCUT2D eigenvalue weighted by Gasteiger charge is 2.46. The van der Waals surface area contributed by atoms with E-state index in [-0.39, 0.29) is 24.0 Å². The molecule has 0 radical (unpaired) electrons. The zero-order chi connectivity index (χ0) is 21.5.